The smallest absolute Gasteiger partial charge is 0.337 e. The van der Waals surface area contributed by atoms with Crippen LogP contribution in [0.4, 0.5) is 8.78 Å². The van der Waals surface area contributed by atoms with Crippen molar-refractivity contribution in [1.29, 1.82) is 0 Å². The van der Waals surface area contributed by atoms with Crippen molar-refractivity contribution in [3.05, 3.63) is 42.0 Å². The molecule has 0 saturated heterocycles. The summed E-state index contributed by atoms with van der Waals surface area (Å²) in [6.07, 6.45) is 0. The van der Waals surface area contributed by atoms with Gasteiger partial charge < -0.3 is 4.74 Å². The molecule has 0 aliphatic heterocycles. The number of halogens is 2. The zero-order chi connectivity index (χ0) is 10.7. The number of carbonyl (C=O) groups is 1. The first-order valence-electron chi connectivity index (χ1n) is 3.79. The fraction of sp³-hybridized carbons (Fsp3) is 0.100. The second-order valence-corrected chi connectivity index (χ2v) is 2.60. The van der Waals surface area contributed by atoms with Crippen molar-refractivity contribution < 1.29 is 18.3 Å². The minimum absolute atomic E-state index is 0.00796. The monoisotopic (exact) mass is 198 g/mol. The maximum absolute atomic E-state index is 12.7. The summed E-state index contributed by atoms with van der Waals surface area (Å²) in [6.45, 7) is 3.40. The summed E-state index contributed by atoms with van der Waals surface area (Å²) in [5, 5.41) is 0. The van der Waals surface area contributed by atoms with Gasteiger partial charge in [-0.2, -0.15) is 0 Å². The second kappa shape index (κ2) is 4.00. The first kappa shape index (κ1) is 10.4. The van der Waals surface area contributed by atoms with E-state index in [1.807, 2.05) is 0 Å². The van der Waals surface area contributed by atoms with E-state index >= 15 is 0 Å². The molecule has 0 amide bonds. The molecule has 1 aromatic rings. The molecule has 2 nitrogen and oxygen atoms in total. The van der Waals surface area contributed by atoms with Crippen molar-refractivity contribution in [2.24, 2.45) is 0 Å². The van der Waals surface area contributed by atoms with Crippen molar-refractivity contribution in [2.45, 2.75) is 0 Å². The van der Waals surface area contributed by atoms with Crippen molar-refractivity contribution in [3.8, 4) is 0 Å². The molecule has 0 aliphatic rings. The molecule has 0 spiro atoms. The Bertz CT molecular complexity index is 386. The third-order valence-corrected chi connectivity index (χ3v) is 1.70. The third kappa shape index (κ3) is 1.96. The van der Waals surface area contributed by atoms with Gasteiger partial charge in [0.1, 0.15) is 0 Å². The van der Waals surface area contributed by atoms with E-state index in [1.54, 1.807) is 0 Å². The highest BCUT2D eigenvalue weighted by Gasteiger charge is 2.11. The second-order valence-electron chi connectivity index (χ2n) is 2.60. The van der Waals surface area contributed by atoms with Crippen LogP contribution in [0, 0.1) is 11.6 Å². The fourth-order valence-electron chi connectivity index (χ4n) is 0.925. The summed E-state index contributed by atoms with van der Waals surface area (Å²) in [5.74, 6) is -2.66. The average Bonchev–Trinajstić information content (AvgIpc) is 2.20. The zero-order valence-corrected chi connectivity index (χ0v) is 7.51. The van der Waals surface area contributed by atoms with E-state index < -0.39 is 17.6 Å². The van der Waals surface area contributed by atoms with Gasteiger partial charge in [-0.1, -0.05) is 12.6 Å². The highest BCUT2D eigenvalue weighted by atomic mass is 19.2. The Balaban J connectivity index is 3.03. The minimum atomic E-state index is -1.02. The maximum Gasteiger partial charge on any atom is 0.337 e. The molecule has 1 rings (SSSR count). The first-order valence-corrected chi connectivity index (χ1v) is 3.79. The summed E-state index contributed by atoms with van der Waals surface area (Å²) < 4.78 is 29.6. The molecule has 74 valence electrons. The van der Waals surface area contributed by atoms with Gasteiger partial charge in [0.2, 0.25) is 0 Å². The van der Waals surface area contributed by atoms with Gasteiger partial charge in [-0.15, -0.1) is 0 Å². The van der Waals surface area contributed by atoms with Crippen molar-refractivity contribution in [2.75, 3.05) is 7.11 Å². The molecular weight excluding hydrogens is 190 g/mol. The quantitative estimate of drug-likeness (QED) is 0.537. The highest BCUT2D eigenvalue weighted by Crippen LogP contribution is 2.16. The van der Waals surface area contributed by atoms with Crippen LogP contribution in [0.5, 0.6) is 0 Å². The summed E-state index contributed by atoms with van der Waals surface area (Å²) >= 11 is 0. The lowest BCUT2D eigenvalue weighted by Crippen LogP contribution is -2.03. The molecule has 0 aliphatic carbocycles. The molecule has 1 aromatic carbocycles. The summed E-state index contributed by atoms with van der Waals surface area (Å²) in [7, 11) is 1.19. The average molecular weight is 198 g/mol. The predicted octanol–water partition coefficient (Wildman–Crippen LogP) is 2.15. The number of ether oxygens (including phenoxy) is 1. The van der Waals surface area contributed by atoms with Gasteiger partial charge in [-0.05, 0) is 17.7 Å². The lowest BCUT2D eigenvalue weighted by atomic mass is 10.1. The van der Waals surface area contributed by atoms with E-state index in [0.717, 1.165) is 12.1 Å². The van der Waals surface area contributed by atoms with E-state index in [4.69, 9.17) is 0 Å². The Morgan fingerprint density at radius 3 is 2.50 bits per heavy atom. The normalized spacial score (nSPS) is 9.64. The molecule has 0 fully saturated rings. The number of benzene rings is 1. The van der Waals surface area contributed by atoms with E-state index in [-0.39, 0.29) is 11.1 Å². The van der Waals surface area contributed by atoms with Gasteiger partial charge in [-0.25, -0.2) is 13.6 Å². The summed E-state index contributed by atoms with van der Waals surface area (Å²) in [4.78, 5) is 11.0. The number of esters is 1. The SMILES string of the molecule is C=C(C(=O)OC)c1ccc(F)c(F)c1. The molecule has 0 atom stereocenters. The van der Waals surface area contributed by atoms with Crippen LogP contribution in [0.25, 0.3) is 5.57 Å². The molecule has 14 heavy (non-hydrogen) atoms. The topological polar surface area (TPSA) is 26.3 Å². The van der Waals surface area contributed by atoms with E-state index in [1.165, 1.54) is 13.2 Å². The van der Waals surface area contributed by atoms with Crippen LogP contribution < -0.4 is 0 Å². The standard InChI is InChI=1S/C10H8F2O2/c1-6(10(13)14-2)7-3-4-8(11)9(12)5-7/h3-5H,1H2,2H3. The van der Waals surface area contributed by atoms with Gasteiger partial charge in [0.05, 0.1) is 12.7 Å². The molecule has 0 heterocycles. The highest BCUT2D eigenvalue weighted by molar-refractivity contribution is 6.15. The molecular formula is C10H8F2O2. The molecule has 0 bridgehead atoms. The zero-order valence-electron chi connectivity index (χ0n) is 7.51. The first-order chi connectivity index (χ1) is 6.56. The van der Waals surface area contributed by atoms with Gasteiger partial charge >= 0.3 is 5.97 Å². The Morgan fingerprint density at radius 2 is 2.00 bits per heavy atom. The molecule has 4 heteroatoms. The van der Waals surface area contributed by atoms with E-state index in [9.17, 15) is 13.6 Å². The molecule has 0 N–H and O–H groups in total. The Morgan fingerprint density at radius 1 is 1.36 bits per heavy atom. The van der Waals surface area contributed by atoms with Crippen molar-refractivity contribution in [1.82, 2.24) is 0 Å². The molecule has 0 unspecified atom stereocenters. The number of carbonyl (C=O) groups excluding carboxylic acids is 1. The van der Waals surface area contributed by atoms with Crippen LogP contribution in [0.2, 0.25) is 0 Å². The summed E-state index contributed by atoms with van der Waals surface area (Å²) in [5.41, 5.74) is 0.196. The number of hydrogen-bond donors (Lipinski definition) is 0. The Hall–Kier alpha value is -1.71. The van der Waals surface area contributed by atoms with Crippen LogP contribution in [0.3, 0.4) is 0 Å². The molecule has 0 saturated carbocycles. The number of hydrogen-bond acceptors (Lipinski definition) is 2. The Kier molecular flexibility index (Phi) is 2.96. The van der Waals surface area contributed by atoms with Crippen molar-refractivity contribution >= 4 is 11.5 Å². The predicted molar refractivity (Wildman–Crippen MR) is 47.4 cm³/mol. The number of rotatable bonds is 2. The largest absolute Gasteiger partial charge is 0.465 e. The van der Waals surface area contributed by atoms with Crippen LogP contribution in [-0.2, 0) is 9.53 Å². The fourth-order valence-corrected chi connectivity index (χ4v) is 0.925. The number of methoxy groups -OCH3 is 1. The van der Waals surface area contributed by atoms with Crippen molar-refractivity contribution in [3.63, 3.8) is 0 Å². The van der Waals surface area contributed by atoms with Crippen LogP contribution >= 0.6 is 0 Å². The van der Waals surface area contributed by atoms with E-state index in [0.29, 0.717) is 0 Å². The van der Waals surface area contributed by atoms with Gasteiger partial charge in [-0.3, -0.25) is 0 Å². The van der Waals surface area contributed by atoms with Gasteiger partial charge in [0, 0.05) is 0 Å². The lowest BCUT2D eigenvalue weighted by molar-refractivity contribution is -0.133. The summed E-state index contributed by atoms with van der Waals surface area (Å²) in [6, 6.07) is 3.09. The Labute approximate surface area is 79.8 Å². The third-order valence-electron chi connectivity index (χ3n) is 1.70. The lowest BCUT2D eigenvalue weighted by Gasteiger charge is -2.03. The van der Waals surface area contributed by atoms with Gasteiger partial charge in [0.25, 0.3) is 0 Å². The molecule has 0 radical (unpaired) electrons. The van der Waals surface area contributed by atoms with Crippen LogP contribution in [0.15, 0.2) is 24.8 Å². The van der Waals surface area contributed by atoms with E-state index in [2.05, 4.69) is 11.3 Å². The maximum atomic E-state index is 12.7. The van der Waals surface area contributed by atoms with Gasteiger partial charge in [0.15, 0.2) is 11.6 Å². The molecule has 0 aromatic heterocycles. The van der Waals surface area contributed by atoms with Crippen LogP contribution in [-0.4, -0.2) is 13.1 Å². The van der Waals surface area contributed by atoms with Crippen LogP contribution in [0.1, 0.15) is 5.56 Å². The minimum Gasteiger partial charge on any atom is -0.465 e.